The number of nitrogens with zero attached hydrogens (tertiary/aromatic N) is 1. The molecule has 4 nitrogen and oxygen atoms in total. The maximum absolute atomic E-state index is 13.1. The zero-order valence-electron chi connectivity index (χ0n) is 10.1. The number of hydrogen-bond donors (Lipinski definition) is 2. The van der Waals surface area contributed by atoms with E-state index < -0.39 is 17.5 Å². The van der Waals surface area contributed by atoms with Crippen LogP contribution in [0.25, 0.3) is 0 Å². The number of halogens is 3. The zero-order chi connectivity index (χ0) is 13.9. The van der Waals surface area contributed by atoms with E-state index in [9.17, 15) is 18.0 Å². The minimum absolute atomic E-state index is 0.00248. The number of rotatable bonds is 3. The first-order valence-corrected chi connectivity index (χ1v) is 5.91. The van der Waals surface area contributed by atoms with Crippen LogP contribution in [-0.4, -0.2) is 30.2 Å². The van der Waals surface area contributed by atoms with Crippen molar-refractivity contribution >= 4 is 5.91 Å². The van der Waals surface area contributed by atoms with Crippen molar-refractivity contribution in [1.82, 2.24) is 15.6 Å². The second-order valence-electron chi connectivity index (χ2n) is 4.51. The molecular formula is C12H14F3N3O. The van der Waals surface area contributed by atoms with Gasteiger partial charge in [0.25, 0.3) is 0 Å². The Morgan fingerprint density at radius 3 is 2.79 bits per heavy atom. The molecule has 1 aromatic heterocycles. The van der Waals surface area contributed by atoms with Gasteiger partial charge in [-0.05, 0) is 25.1 Å². The van der Waals surface area contributed by atoms with E-state index >= 15 is 0 Å². The minimum atomic E-state index is -4.55. The summed E-state index contributed by atoms with van der Waals surface area (Å²) in [4.78, 5) is 15.8. The summed E-state index contributed by atoms with van der Waals surface area (Å²) in [5, 5.41) is 4.93. The molecule has 0 spiro atoms. The van der Waals surface area contributed by atoms with Gasteiger partial charge in [-0.15, -0.1) is 0 Å². The van der Waals surface area contributed by atoms with Crippen LogP contribution in [0.3, 0.4) is 0 Å². The molecule has 1 amide bonds. The molecule has 0 bridgehead atoms. The first kappa shape index (κ1) is 13.8. The molecule has 2 rings (SSSR count). The summed E-state index contributed by atoms with van der Waals surface area (Å²) in [6.07, 6.45) is -3.26. The molecule has 1 aromatic rings. The van der Waals surface area contributed by atoms with Gasteiger partial charge in [-0.3, -0.25) is 9.78 Å². The molecule has 0 aliphatic carbocycles. The molecule has 1 saturated heterocycles. The van der Waals surface area contributed by atoms with Gasteiger partial charge in [0.05, 0.1) is 12.2 Å². The molecule has 1 atom stereocenters. The van der Waals surface area contributed by atoms with Crippen LogP contribution in [0, 0.1) is 5.41 Å². The topological polar surface area (TPSA) is 54.0 Å². The highest BCUT2D eigenvalue weighted by Crippen LogP contribution is 2.43. The van der Waals surface area contributed by atoms with E-state index in [1.807, 2.05) is 0 Å². The Hall–Kier alpha value is -1.63. The highest BCUT2D eigenvalue weighted by molar-refractivity contribution is 5.84. The second-order valence-corrected chi connectivity index (χ2v) is 4.51. The third-order valence-corrected chi connectivity index (χ3v) is 3.29. The Kier molecular flexibility index (Phi) is 3.75. The second kappa shape index (κ2) is 5.16. The number of nitrogens with one attached hydrogen (secondary N) is 2. The lowest BCUT2D eigenvalue weighted by Gasteiger charge is -2.29. The van der Waals surface area contributed by atoms with Crippen LogP contribution in [-0.2, 0) is 11.3 Å². The molecule has 19 heavy (non-hydrogen) atoms. The molecule has 2 heterocycles. The van der Waals surface area contributed by atoms with Gasteiger partial charge >= 0.3 is 6.18 Å². The minimum Gasteiger partial charge on any atom is -0.350 e. The first-order chi connectivity index (χ1) is 8.96. The molecular weight excluding hydrogens is 259 g/mol. The Morgan fingerprint density at radius 1 is 1.47 bits per heavy atom. The van der Waals surface area contributed by atoms with Crippen LogP contribution in [0.4, 0.5) is 13.2 Å². The number of aromatic nitrogens is 1. The molecule has 7 heteroatoms. The summed E-state index contributed by atoms with van der Waals surface area (Å²) in [6.45, 7) is -0.182. The van der Waals surface area contributed by atoms with Crippen molar-refractivity contribution in [3.63, 3.8) is 0 Å². The number of amides is 1. The molecule has 1 aliphatic heterocycles. The van der Waals surface area contributed by atoms with Gasteiger partial charge in [-0.2, -0.15) is 13.2 Å². The molecule has 0 saturated carbocycles. The lowest BCUT2D eigenvalue weighted by molar-refractivity contribution is -0.216. The van der Waals surface area contributed by atoms with Crippen LogP contribution in [0.2, 0.25) is 0 Å². The van der Waals surface area contributed by atoms with Crippen LogP contribution in [0.5, 0.6) is 0 Å². The van der Waals surface area contributed by atoms with Crippen molar-refractivity contribution in [2.75, 3.05) is 13.1 Å². The number of carbonyl (C=O) groups excluding carboxylic acids is 1. The van der Waals surface area contributed by atoms with E-state index in [-0.39, 0.29) is 26.1 Å². The third-order valence-electron chi connectivity index (χ3n) is 3.29. The monoisotopic (exact) mass is 273 g/mol. The van der Waals surface area contributed by atoms with Gasteiger partial charge in [0.15, 0.2) is 5.41 Å². The average Bonchev–Trinajstić information content (AvgIpc) is 2.87. The Morgan fingerprint density at radius 2 is 2.26 bits per heavy atom. The number of pyridine rings is 1. The molecule has 1 unspecified atom stereocenters. The largest absolute Gasteiger partial charge is 0.404 e. The summed E-state index contributed by atoms with van der Waals surface area (Å²) >= 11 is 0. The number of hydrogen-bond acceptors (Lipinski definition) is 3. The smallest absolute Gasteiger partial charge is 0.350 e. The number of alkyl halides is 3. The zero-order valence-corrected chi connectivity index (χ0v) is 10.1. The van der Waals surface area contributed by atoms with Crippen molar-refractivity contribution in [1.29, 1.82) is 0 Å². The van der Waals surface area contributed by atoms with E-state index in [1.54, 1.807) is 18.2 Å². The quantitative estimate of drug-likeness (QED) is 0.871. The fourth-order valence-corrected chi connectivity index (χ4v) is 2.10. The van der Waals surface area contributed by atoms with E-state index in [4.69, 9.17) is 0 Å². The van der Waals surface area contributed by atoms with Crippen molar-refractivity contribution in [3.8, 4) is 0 Å². The third kappa shape index (κ3) is 2.70. The number of carbonyl (C=O) groups is 1. The van der Waals surface area contributed by atoms with Gasteiger partial charge in [0.1, 0.15) is 0 Å². The van der Waals surface area contributed by atoms with E-state index in [0.717, 1.165) is 0 Å². The Labute approximate surface area is 108 Å². The molecule has 0 aromatic carbocycles. The lowest BCUT2D eigenvalue weighted by atomic mass is 9.85. The Balaban J connectivity index is 2.05. The van der Waals surface area contributed by atoms with E-state index in [1.165, 1.54) is 6.20 Å². The molecule has 2 N–H and O–H groups in total. The summed E-state index contributed by atoms with van der Waals surface area (Å²) < 4.78 is 39.2. The van der Waals surface area contributed by atoms with Gasteiger partial charge in [0, 0.05) is 12.7 Å². The average molecular weight is 273 g/mol. The maximum atomic E-state index is 13.1. The molecule has 0 radical (unpaired) electrons. The normalized spacial score (nSPS) is 23.3. The van der Waals surface area contributed by atoms with E-state index in [2.05, 4.69) is 15.6 Å². The maximum Gasteiger partial charge on any atom is 0.404 e. The molecule has 1 fully saturated rings. The highest BCUT2D eigenvalue weighted by Gasteiger charge is 2.61. The summed E-state index contributed by atoms with van der Waals surface area (Å²) in [6, 6.07) is 5.06. The van der Waals surface area contributed by atoms with Crippen LogP contribution in [0.1, 0.15) is 12.1 Å². The molecule has 104 valence electrons. The van der Waals surface area contributed by atoms with E-state index in [0.29, 0.717) is 5.69 Å². The van der Waals surface area contributed by atoms with Crippen molar-refractivity contribution in [2.24, 2.45) is 5.41 Å². The SMILES string of the molecule is O=C(NCc1ccccn1)C1(C(F)(F)F)CCNC1. The van der Waals surface area contributed by atoms with Crippen molar-refractivity contribution < 1.29 is 18.0 Å². The first-order valence-electron chi connectivity index (χ1n) is 5.91. The highest BCUT2D eigenvalue weighted by atomic mass is 19.4. The fraction of sp³-hybridized carbons (Fsp3) is 0.500. The van der Waals surface area contributed by atoms with Crippen LogP contribution < -0.4 is 10.6 Å². The Bertz CT molecular complexity index is 441. The van der Waals surface area contributed by atoms with Gasteiger partial charge in [-0.1, -0.05) is 6.07 Å². The summed E-state index contributed by atoms with van der Waals surface area (Å²) in [5.41, 5.74) is -1.79. The summed E-state index contributed by atoms with van der Waals surface area (Å²) in [5.74, 6) is -0.990. The van der Waals surface area contributed by atoms with Gasteiger partial charge in [-0.25, -0.2) is 0 Å². The molecule has 1 aliphatic rings. The van der Waals surface area contributed by atoms with Gasteiger partial charge in [0.2, 0.25) is 5.91 Å². The summed E-state index contributed by atoms with van der Waals surface area (Å²) in [7, 11) is 0. The van der Waals surface area contributed by atoms with Crippen LogP contribution >= 0.6 is 0 Å². The van der Waals surface area contributed by atoms with Gasteiger partial charge < -0.3 is 10.6 Å². The lowest BCUT2D eigenvalue weighted by Crippen LogP contribution is -2.52. The van der Waals surface area contributed by atoms with Crippen molar-refractivity contribution in [3.05, 3.63) is 30.1 Å². The fourth-order valence-electron chi connectivity index (χ4n) is 2.10. The predicted octanol–water partition coefficient (Wildman–Crippen LogP) is 1.24. The van der Waals surface area contributed by atoms with Crippen molar-refractivity contribution in [2.45, 2.75) is 19.1 Å². The standard InChI is InChI=1S/C12H14F3N3O/c13-12(14,15)11(4-6-16-8-11)10(19)18-7-9-3-1-2-5-17-9/h1-3,5,16H,4,6-8H2,(H,18,19). The predicted molar refractivity (Wildman–Crippen MR) is 62.1 cm³/mol. The van der Waals surface area contributed by atoms with Crippen LogP contribution in [0.15, 0.2) is 24.4 Å².